The predicted octanol–water partition coefficient (Wildman–Crippen LogP) is 4.44. The van der Waals surface area contributed by atoms with E-state index in [0.29, 0.717) is 10.9 Å². The Morgan fingerprint density at radius 3 is 2.44 bits per heavy atom. The van der Waals surface area contributed by atoms with E-state index in [0.717, 1.165) is 11.1 Å². The maximum Gasteiger partial charge on any atom is 0.137 e. The van der Waals surface area contributed by atoms with Crippen LogP contribution in [0.5, 0.6) is 0 Å². The summed E-state index contributed by atoms with van der Waals surface area (Å²) >= 11 is 5.40. The zero-order valence-corrected chi connectivity index (χ0v) is 13.3. The minimum absolute atomic E-state index is 0.187. The highest BCUT2D eigenvalue weighted by Gasteiger charge is 2.09. The summed E-state index contributed by atoms with van der Waals surface area (Å²) in [6, 6.07) is 13.0. The number of benzene rings is 2. The van der Waals surface area contributed by atoms with Crippen molar-refractivity contribution in [3.63, 3.8) is 0 Å². The summed E-state index contributed by atoms with van der Waals surface area (Å²) < 4.78 is 15.1. The summed E-state index contributed by atoms with van der Waals surface area (Å²) in [4.78, 5) is 0. The highest BCUT2D eigenvalue weighted by molar-refractivity contribution is 14.1. The minimum atomic E-state index is -0.273. The van der Waals surface area contributed by atoms with E-state index in [2.05, 4.69) is 50.7 Å². The molecule has 0 aromatic heterocycles. The molecule has 0 aliphatic rings. The average molecular weight is 420 g/mol. The van der Waals surface area contributed by atoms with Crippen molar-refractivity contribution in [3.05, 3.63) is 67.5 Å². The standard InChI is InChI=1S/C14H12BrFIN/c15-12-6-3-10(8-13(12)16)14(18)7-9-1-4-11(17)5-2-9/h1-6,8,14H,7,18H2. The molecule has 2 aromatic rings. The van der Waals surface area contributed by atoms with Gasteiger partial charge in [-0.3, -0.25) is 0 Å². The quantitative estimate of drug-likeness (QED) is 0.731. The molecular weight excluding hydrogens is 408 g/mol. The van der Waals surface area contributed by atoms with Crippen molar-refractivity contribution in [1.29, 1.82) is 0 Å². The van der Waals surface area contributed by atoms with Gasteiger partial charge in [0, 0.05) is 9.61 Å². The molecule has 0 spiro atoms. The largest absolute Gasteiger partial charge is 0.324 e. The van der Waals surface area contributed by atoms with Crippen LogP contribution in [0.1, 0.15) is 17.2 Å². The number of hydrogen-bond donors (Lipinski definition) is 1. The highest BCUT2D eigenvalue weighted by Crippen LogP contribution is 2.22. The van der Waals surface area contributed by atoms with Gasteiger partial charge in [-0.05, 0) is 80.3 Å². The number of nitrogens with two attached hydrogens (primary N) is 1. The summed E-state index contributed by atoms with van der Waals surface area (Å²) in [5.74, 6) is -0.273. The molecule has 2 rings (SSSR count). The molecule has 0 aliphatic carbocycles. The monoisotopic (exact) mass is 419 g/mol. The minimum Gasteiger partial charge on any atom is -0.324 e. The van der Waals surface area contributed by atoms with Gasteiger partial charge in [-0.25, -0.2) is 4.39 Å². The third-order valence-corrected chi connectivity index (χ3v) is 4.10. The Labute approximate surface area is 128 Å². The molecule has 0 amide bonds. The van der Waals surface area contributed by atoms with Gasteiger partial charge >= 0.3 is 0 Å². The van der Waals surface area contributed by atoms with Gasteiger partial charge in [0.2, 0.25) is 0 Å². The second-order valence-electron chi connectivity index (χ2n) is 4.11. The highest BCUT2D eigenvalue weighted by atomic mass is 127. The van der Waals surface area contributed by atoms with Crippen molar-refractivity contribution in [3.8, 4) is 0 Å². The molecular formula is C14H12BrFIN. The average Bonchev–Trinajstić information content (AvgIpc) is 2.35. The van der Waals surface area contributed by atoms with E-state index in [9.17, 15) is 4.39 Å². The van der Waals surface area contributed by atoms with Gasteiger partial charge in [-0.15, -0.1) is 0 Å². The molecule has 4 heteroatoms. The third-order valence-electron chi connectivity index (χ3n) is 2.74. The summed E-state index contributed by atoms with van der Waals surface area (Å²) in [6.45, 7) is 0. The second kappa shape index (κ2) is 6.12. The Kier molecular flexibility index (Phi) is 4.75. The molecule has 1 atom stereocenters. The van der Waals surface area contributed by atoms with Gasteiger partial charge in [0.15, 0.2) is 0 Å². The fourth-order valence-electron chi connectivity index (χ4n) is 1.74. The Bertz CT molecular complexity index is 542. The molecule has 2 N–H and O–H groups in total. The van der Waals surface area contributed by atoms with Crippen LogP contribution >= 0.6 is 38.5 Å². The molecule has 0 fully saturated rings. The van der Waals surface area contributed by atoms with Gasteiger partial charge < -0.3 is 5.73 Å². The zero-order valence-electron chi connectivity index (χ0n) is 9.54. The summed E-state index contributed by atoms with van der Waals surface area (Å²) in [5.41, 5.74) is 8.07. The molecule has 94 valence electrons. The van der Waals surface area contributed by atoms with E-state index in [1.807, 2.05) is 18.2 Å². The number of rotatable bonds is 3. The van der Waals surface area contributed by atoms with Gasteiger partial charge in [0.1, 0.15) is 5.82 Å². The Balaban J connectivity index is 2.13. The lowest BCUT2D eigenvalue weighted by Crippen LogP contribution is -2.13. The van der Waals surface area contributed by atoms with Crippen LogP contribution in [0.15, 0.2) is 46.9 Å². The van der Waals surface area contributed by atoms with Crippen molar-refractivity contribution >= 4 is 38.5 Å². The van der Waals surface area contributed by atoms with Crippen LogP contribution in [0.25, 0.3) is 0 Å². The Morgan fingerprint density at radius 1 is 1.17 bits per heavy atom. The van der Waals surface area contributed by atoms with Crippen LogP contribution in [0.4, 0.5) is 4.39 Å². The maximum atomic E-state index is 13.4. The van der Waals surface area contributed by atoms with Crippen molar-refractivity contribution in [2.45, 2.75) is 12.5 Å². The van der Waals surface area contributed by atoms with Gasteiger partial charge in [-0.2, -0.15) is 0 Å². The molecule has 0 heterocycles. The van der Waals surface area contributed by atoms with E-state index < -0.39 is 0 Å². The molecule has 0 saturated heterocycles. The van der Waals surface area contributed by atoms with E-state index in [4.69, 9.17) is 5.73 Å². The number of hydrogen-bond acceptors (Lipinski definition) is 1. The first kappa shape index (κ1) is 14.0. The normalized spacial score (nSPS) is 12.4. The van der Waals surface area contributed by atoms with E-state index in [1.165, 1.54) is 9.64 Å². The van der Waals surface area contributed by atoms with Gasteiger partial charge in [-0.1, -0.05) is 18.2 Å². The SMILES string of the molecule is NC(Cc1ccc(I)cc1)c1ccc(Br)c(F)c1. The summed E-state index contributed by atoms with van der Waals surface area (Å²) in [7, 11) is 0. The fourth-order valence-corrected chi connectivity index (χ4v) is 2.34. The van der Waals surface area contributed by atoms with E-state index in [1.54, 1.807) is 6.07 Å². The molecule has 1 nitrogen and oxygen atoms in total. The van der Waals surface area contributed by atoms with E-state index >= 15 is 0 Å². The maximum absolute atomic E-state index is 13.4. The van der Waals surface area contributed by atoms with Crippen molar-refractivity contribution in [2.24, 2.45) is 5.73 Å². The lowest BCUT2D eigenvalue weighted by Gasteiger charge is -2.12. The van der Waals surface area contributed by atoms with Crippen LogP contribution in [0.3, 0.4) is 0 Å². The molecule has 18 heavy (non-hydrogen) atoms. The van der Waals surface area contributed by atoms with Crippen molar-refractivity contribution < 1.29 is 4.39 Å². The molecule has 2 aromatic carbocycles. The first-order valence-corrected chi connectivity index (χ1v) is 7.38. The molecule has 0 radical (unpaired) electrons. The Morgan fingerprint density at radius 2 is 1.83 bits per heavy atom. The lowest BCUT2D eigenvalue weighted by atomic mass is 10.00. The molecule has 0 saturated carbocycles. The number of halogens is 3. The van der Waals surface area contributed by atoms with Crippen molar-refractivity contribution in [2.75, 3.05) is 0 Å². The second-order valence-corrected chi connectivity index (χ2v) is 6.21. The van der Waals surface area contributed by atoms with Crippen molar-refractivity contribution in [1.82, 2.24) is 0 Å². The first-order chi connectivity index (χ1) is 8.56. The van der Waals surface area contributed by atoms with Crippen LogP contribution in [0, 0.1) is 9.39 Å². The smallest absolute Gasteiger partial charge is 0.137 e. The predicted molar refractivity (Wildman–Crippen MR) is 83.9 cm³/mol. The molecule has 0 aliphatic heterocycles. The Hall–Kier alpha value is -0.460. The molecule has 1 unspecified atom stereocenters. The van der Waals surface area contributed by atoms with E-state index in [-0.39, 0.29) is 11.9 Å². The van der Waals surface area contributed by atoms with Gasteiger partial charge in [0.25, 0.3) is 0 Å². The topological polar surface area (TPSA) is 26.0 Å². The van der Waals surface area contributed by atoms with Crippen LogP contribution < -0.4 is 5.73 Å². The van der Waals surface area contributed by atoms with Crippen LogP contribution in [0.2, 0.25) is 0 Å². The van der Waals surface area contributed by atoms with Crippen LogP contribution in [-0.2, 0) is 6.42 Å². The zero-order chi connectivity index (χ0) is 13.1. The van der Waals surface area contributed by atoms with Crippen LogP contribution in [-0.4, -0.2) is 0 Å². The fraction of sp³-hybridized carbons (Fsp3) is 0.143. The lowest BCUT2D eigenvalue weighted by molar-refractivity contribution is 0.612. The molecule has 0 bridgehead atoms. The summed E-state index contributed by atoms with van der Waals surface area (Å²) in [5, 5.41) is 0. The third kappa shape index (κ3) is 3.52. The summed E-state index contributed by atoms with van der Waals surface area (Å²) in [6.07, 6.45) is 0.706. The first-order valence-electron chi connectivity index (χ1n) is 5.51. The van der Waals surface area contributed by atoms with Gasteiger partial charge in [0.05, 0.1) is 4.47 Å².